The van der Waals surface area contributed by atoms with Gasteiger partial charge in [-0.05, 0) is 32.8 Å². The fourth-order valence-corrected chi connectivity index (χ4v) is 2.84. The highest BCUT2D eigenvalue weighted by Gasteiger charge is 2.33. The first-order valence-electron chi connectivity index (χ1n) is 8.86. The molecule has 1 N–H and O–H groups in total. The van der Waals surface area contributed by atoms with Crippen LogP contribution < -0.4 is 5.32 Å². The van der Waals surface area contributed by atoms with Crippen molar-refractivity contribution in [3.05, 3.63) is 48.6 Å². The van der Waals surface area contributed by atoms with Gasteiger partial charge < -0.3 is 19.7 Å². The van der Waals surface area contributed by atoms with E-state index in [1.54, 1.807) is 11.0 Å². The Balaban J connectivity index is 1.82. The van der Waals surface area contributed by atoms with Crippen LogP contribution in [0.5, 0.6) is 0 Å². The Kier molecular flexibility index (Phi) is 6.66. The van der Waals surface area contributed by atoms with Crippen LogP contribution in [0, 0.1) is 5.92 Å². The minimum absolute atomic E-state index is 0.0873. The van der Waals surface area contributed by atoms with E-state index < -0.39 is 11.7 Å². The second kappa shape index (κ2) is 8.74. The molecular formula is C20H28N2O4. The number of ether oxygens (including phenoxy) is 2. The van der Waals surface area contributed by atoms with E-state index in [1.807, 2.05) is 51.1 Å². The largest absolute Gasteiger partial charge is 0.445 e. The van der Waals surface area contributed by atoms with Crippen LogP contribution in [-0.4, -0.2) is 41.8 Å². The molecule has 1 saturated heterocycles. The number of nitrogens with zero attached hydrogens (tertiary/aromatic N) is 1. The molecular weight excluding hydrogens is 332 g/mol. The van der Waals surface area contributed by atoms with Crippen LogP contribution in [0.15, 0.2) is 43.0 Å². The van der Waals surface area contributed by atoms with Gasteiger partial charge in [0.1, 0.15) is 12.2 Å². The van der Waals surface area contributed by atoms with E-state index in [0.29, 0.717) is 13.1 Å². The monoisotopic (exact) mass is 360 g/mol. The van der Waals surface area contributed by atoms with Gasteiger partial charge in [0, 0.05) is 19.0 Å². The molecule has 0 bridgehead atoms. The molecule has 26 heavy (non-hydrogen) atoms. The van der Waals surface area contributed by atoms with Crippen LogP contribution in [-0.2, 0) is 16.1 Å². The zero-order chi connectivity index (χ0) is 19.2. The van der Waals surface area contributed by atoms with Crippen molar-refractivity contribution in [3.8, 4) is 0 Å². The summed E-state index contributed by atoms with van der Waals surface area (Å²) in [5.74, 6) is 0.0873. The van der Waals surface area contributed by atoms with Crippen molar-refractivity contribution in [1.82, 2.24) is 10.2 Å². The lowest BCUT2D eigenvalue weighted by atomic mass is 9.99. The van der Waals surface area contributed by atoms with Crippen molar-refractivity contribution in [2.45, 2.75) is 45.4 Å². The average Bonchev–Trinajstić information content (AvgIpc) is 3.07. The summed E-state index contributed by atoms with van der Waals surface area (Å²) < 4.78 is 10.7. The first-order valence-corrected chi connectivity index (χ1v) is 8.86. The number of rotatable bonds is 5. The number of benzene rings is 1. The Morgan fingerprint density at radius 2 is 2.04 bits per heavy atom. The summed E-state index contributed by atoms with van der Waals surface area (Å²) >= 11 is 0. The third kappa shape index (κ3) is 6.10. The molecule has 1 unspecified atom stereocenters. The quantitative estimate of drug-likeness (QED) is 0.813. The fraction of sp³-hybridized carbons (Fsp3) is 0.500. The number of hydrogen-bond donors (Lipinski definition) is 1. The molecule has 142 valence electrons. The van der Waals surface area contributed by atoms with Crippen LogP contribution in [0.3, 0.4) is 0 Å². The van der Waals surface area contributed by atoms with Gasteiger partial charge >= 0.3 is 12.2 Å². The SMILES string of the molecule is C=C[C@H](NC(=O)OCc1ccccc1)C1CCN(C(=O)OC(C)(C)C)C1. The van der Waals surface area contributed by atoms with Gasteiger partial charge in [0.15, 0.2) is 0 Å². The number of carbonyl (C=O) groups is 2. The number of carbonyl (C=O) groups excluding carboxylic acids is 2. The minimum Gasteiger partial charge on any atom is -0.445 e. The molecule has 1 aliphatic heterocycles. The normalized spacial score (nSPS) is 18.1. The van der Waals surface area contributed by atoms with Crippen LogP contribution in [0.4, 0.5) is 9.59 Å². The minimum atomic E-state index is -0.521. The van der Waals surface area contributed by atoms with Crippen molar-refractivity contribution in [2.24, 2.45) is 5.92 Å². The Labute approximate surface area is 155 Å². The van der Waals surface area contributed by atoms with E-state index >= 15 is 0 Å². The number of alkyl carbamates (subject to hydrolysis) is 1. The summed E-state index contributed by atoms with van der Waals surface area (Å²) in [6.45, 7) is 10.7. The number of amides is 2. The summed E-state index contributed by atoms with van der Waals surface area (Å²) in [5, 5.41) is 2.83. The topological polar surface area (TPSA) is 67.9 Å². The number of nitrogens with one attached hydrogen (secondary N) is 1. The molecule has 0 aliphatic carbocycles. The second-order valence-corrected chi connectivity index (χ2v) is 7.44. The maximum Gasteiger partial charge on any atom is 0.410 e. The maximum absolute atomic E-state index is 12.2. The number of hydrogen-bond acceptors (Lipinski definition) is 4. The van der Waals surface area contributed by atoms with Crippen LogP contribution in [0.2, 0.25) is 0 Å². The Hall–Kier alpha value is -2.50. The van der Waals surface area contributed by atoms with Gasteiger partial charge in [0.2, 0.25) is 0 Å². The average molecular weight is 360 g/mol. The highest BCUT2D eigenvalue weighted by atomic mass is 16.6. The molecule has 1 fully saturated rings. The molecule has 1 heterocycles. The summed E-state index contributed by atoms with van der Waals surface area (Å²) in [6, 6.07) is 9.24. The van der Waals surface area contributed by atoms with E-state index in [0.717, 1.165) is 12.0 Å². The first kappa shape index (κ1) is 19.8. The zero-order valence-electron chi connectivity index (χ0n) is 15.7. The lowest BCUT2D eigenvalue weighted by Crippen LogP contribution is -2.41. The van der Waals surface area contributed by atoms with Crippen molar-refractivity contribution in [2.75, 3.05) is 13.1 Å². The number of likely N-dealkylation sites (tertiary alicyclic amines) is 1. The van der Waals surface area contributed by atoms with Gasteiger partial charge in [-0.1, -0.05) is 36.4 Å². The first-order chi connectivity index (χ1) is 12.3. The Morgan fingerprint density at radius 3 is 2.65 bits per heavy atom. The standard InChI is InChI=1S/C20H28N2O4/c1-5-17(21-18(23)25-14-15-9-7-6-8-10-15)16-11-12-22(13-16)19(24)26-20(2,3)4/h5-10,16-17H,1,11-14H2,2-4H3,(H,21,23)/t16?,17-/m0/s1. The van der Waals surface area contributed by atoms with Gasteiger partial charge in [0.25, 0.3) is 0 Å². The van der Waals surface area contributed by atoms with E-state index in [9.17, 15) is 9.59 Å². The van der Waals surface area contributed by atoms with Gasteiger partial charge in [-0.2, -0.15) is 0 Å². The highest BCUT2D eigenvalue weighted by Crippen LogP contribution is 2.23. The molecule has 1 aromatic rings. The predicted octanol–water partition coefficient (Wildman–Crippen LogP) is 3.72. The van der Waals surface area contributed by atoms with Crippen LogP contribution in [0.1, 0.15) is 32.8 Å². The van der Waals surface area contributed by atoms with Gasteiger partial charge in [-0.15, -0.1) is 6.58 Å². The van der Waals surface area contributed by atoms with Crippen molar-refractivity contribution in [1.29, 1.82) is 0 Å². The van der Waals surface area contributed by atoms with Crippen LogP contribution in [0.25, 0.3) is 0 Å². The smallest absolute Gasteiger partial charge is 0.410 e. The second-order valence-electron chi connectivity index (χ2n) is 7.44. The van der Waals surface area contributed by atoms with E-state index in [1.165, 1.54) is 0 Å². The van der Waals surface area contributed by atoms with Crippen LogP contribution >= 0.6 is 0 Å². The molecule has 0 aromatic heterocycles. The fourth-order valence-electron chi connectivity index (χ4n) is 2.84. The van der Waals surface area contributed by atoms with E-state index in [4.69, 9.17) is 9.47 Å². The summed E-state index contributed by atoms with van der Waals surface area (Å²) in [7, 11) is 0. The molecule has 2 rings (SSSR count). The zero-order valence-corrected chi connectivity index (χ0v) is 15.7. The molecule has 0 spiro atoms. The lowest BCUT2D eigenvalue weighted by molar-refractivity contribution is 0.0287. The highest BCUT2D eigenvalue weighted by molar-refractivity contribution is 5.69. The maximum atomic E-state index is 12.2. The van der Waals surface area contributed by atoms with Gasteiger partial charge in [-0.3, -0.25) is 0 Å². The van der Waals surface area contributed by atoms with E-state index in [-0.39, 0.29) is 24.7 Å². The third-order valence-electron chi connectivity index (χ3n) is 4.14. The molecule has 1 aromatic carbocycles. The predicted molar refractivity (Wildman–Crippen MR) is 99.7 cm³/mol. The molecule has 0 saturated carbocycles. The summed E-state index contributed by atoms with van der Waals surface area (Å²) in [5.41, 5.74) is 0.404. The van der Waals surface area contributed by atoms with Crippen molar-refractivity contribution < 1.29 is 19.1 Å². The lowest BCUT2D eigenvalue weighted by Gasteiger charge is -2.25. The van der Waals surface area contributed by atoms with Crippen molar-refractivity contribution in [3.63, 3.8) is 0 Å². The van der Waals surface area contributed by atoms with E-state index in [2.05, 4.69) is 11.9 Å². The molecule has 2 amide bonds. The Morgan fingerprint density at radius 1 is 1.35 bits per heavy atom. The Bertz CT molecular complexity index is 624. The molecule has 2 atom stereocenters. The molecule has 1 aliphatic rings. The summed E-state index contributed by atoms with van der Waals surface area (Å²) in [6.07, 6.45) is 1.64. The molecule has 0 radical (unpaired) electrons. The third-order valence-corrected chi connectivity index (χ3v) is 4.14. The molecule has 6 heteroatoms. The van der Waals surface area contributed by atoms with Gasteiger partial charge in [0.05, 0.1) is 6.04 Å². The summed E-state index contributed by atoms with van der Waals surface area (Å²) in [4.78, 5) is 25.9. The van der Waals surface area contributed by atoms with Gasteiger partial charge in [-0.25, -0.2) is 9.59 Å². The molecule has 6 nitrogen and oxygen atoms in total. The van der Waals surface area contributed by atoms with Crippen molar-refractivity contribution >= 4 is 12.2 Å².